The van der Waals surface area contributed by atoms with E-state index in [9.17, 15) is 4.79 Å². The molecule has 0 fully saturated rings. The summed E-state index contributed by atoms with van der Waals surface area (Å²) in [6, 6.07) is 5.49. The number of nitrogen functional groups attached to an aromatic ring is 1. The summed E-state index contributed by atoms with van der Waals surface area (Å²) in [6.45, 7) is 1.99. The number of aliphatic carboxylic acids is 1. The minimum atomic E-state index is -0.950. The summed E-state index contributed by atoms with van der Waals surface area (Å²) in [6.07, 6.45) is 3.48. The van der Waals surface area contributed by atoms with E-state index in [1.165, 1.54) is 0 Å². The molecular formula is C11H13NO2. The lowest BCUT2D eigenvalue weighted by Crippen LogP contribution is -1.95. The molecule has 1 aromatic rings. The van der Waals surface area contributed by atoms with Crippen molar-refractivity contribution in [1.29, 1.82) is 0 Å². The van der Waals surface area contributed by atoms with Gasteiger partial charge in [-0.25, -0.2) is 4.79 Å². The van der Waals surface area contributed by atoms with Gasteiger partial charge in [0.05, 0.1) is 0 Å². The van der Waals surface area contributed by atoms with Crippen molar-refractivity contribution in [3.63, 3.8) is 0 Å². The van der Waals surface area contributed by atoms with Crippen LogP contribution in [0.25, 0.3) is 6.08 Å². The first-order valence-corrected chi connectivity index (χ1v) is 4.43. The van der Waals surface area contributed by atoms with Crippen molar-refractivity contribution >= 4 is 17.7 Å². The van der Waals surface area contributed by atoms with E-state index < -0.39 is 5.97 Å². The number of hydrogen-bond donors (Lipinski definition) is 2. The third-order valence-corrected chi connectivity index (χ3v) is 2.01. The van der Waals surface area contributed by atoms with E-state index in [0.29, 0.717) is 5.69 Å². The van der Waals surface area contributed by atoms with Crippen LogP contribution in [0.2, 0.25) is 0 Å². The molecule has 3 N–H and O–H groups in total. The molecule has 0 unspecified atom stereocenters. The molecule has 14 heavy (non-hydrogen) atoms. The van der Waals surface area contributed by atoms with Crippen molar-refractivity contribution in [1.82, 2.24) is 0 Å². The minimum absolute atomic E-state index is 0.708. The Labute approximate surface area is 82.9 Å². The van der Waals surface area contributed by atoms with Crippen LogP contribution in [0.15, 0.2) is 24.3 Å². The Morgan fingerprint density at radius 1 is 1.57 bits per heavy atom. The fourth-order valence-corrected chi connectivity index (χ4v) is 1.35. The van der Waals surface area contributed by atoms with Crippen LogP contribution in [-0.4, -0.2) is 11.1 Å². The molecule has 0 amide bonds. The summed E-state index contributed by atoms with van der Waals surface area (Å²) in [7, 11) is 0. The topological polar surface area (TPSA) is 63.3 Å². The standard InChI is InChI=1S/C11H13NO2/c1-2-9-8(6-7-11(13)14)4-3-5-10(9)12/h3-7H,2,12H2,1H3,(H,13,14)/b7-6+. The maximum absolute atomic E-state index is 10.3. The first-order chi connectivity index (χ1) is 6.65. The number of benzene rings is 1. The first kappa shape index (κ1) is 10.3. The van der Waals surface area contributed by atoms with E-state index in [4.69, 9.17) is 10.8 Å². The summed E-state index contributed by atoms with van der Waals surface area (Å²) in [4.78, 5) is 10.3. The van der Waals surface area contributed by atoms with Gasteiger partial charge in [-0.05, 0) is 29.7 Å². The third-order valence-electron chi connectivity index (χ3n) is 2.01. The van der Waals surface area contributed by atoms with Crippen molar-refractivity contribution in [2.45, 2.75) is 13.3 Å². The molecule has 0 aliphatic heterocycles. The Morgan fingerprint density at radius 2 is 2.29 bits per heavy atom. The Kier molecular flexibility index (Phi) is 3.29. The second-order valence-electron chi connectivity index (χ2n) is 2.94. The van der Waals surface area contributed by atoms with Crippen LogP contribution in [0.3, 0.4) is 0 Å². The van der Waals surface area contributed by atoms with Gasteiger partial charge < -0.3 is 10.8 Å². The van der Waals surface area contributed by atoms with Crippen molar-refractivity contribution in [2.75, 3.05) is 5.73 Å². The van der Waals surface area contributed by atoms with Gasteiger partial charge >= 0.3 is 5.97 Å². The smallest absolute Gasteiger partial charge is 0.328 e. The van der Waals surface area contributed by atoms with Gasteiger partial charge in [0.2, 0.25) is 0 Å². The fraction of sp³-hybridized carbons (Fsp3) is 0.182. The van der Waals surface area contributed by atoms with Crippen LogP contribution in [0.1, 0.15) is 18.1 Å². The first-order valence-electron chi connectivity index (χ1n) is 4.43. The highest BCUT2D eigenvalue weighted by Crippen LogP contribution is 2.18. The van der Waals surface area contributed by atoms with Crippen LogP contribution < -0.4 is 5.73 Å². The second-order valence-corrected chi connectivity index (χ2v) is 2.94. The van der Waals surface area contributed by atoms with Gasteiger partial charge in [-0.3, -0.25) is 0 Å². The van der Waals surface area contributed by atoms with Gasteiger partial charge in [-0.2, -0.15) is 0 Å². The highest BCUT2D eigenvalue weighted by Gasteiger charge is 2.01. The molecule has 0 aliphatic rings. The number of carboxylic acids is 1. The number of carbonyl (C=O) groups is 1. The molecule has 0 aliphatic carbocycles. The predicted octanol–water partition coefficient (Wildman–Crippen LogP) is 1.93. The third kappa shape index (κ3) is 2.36. The summed E-state index contributed by atoms with van der Waals surface area (Å²) in [5.41, 5.74) is 8.33. The molecule has 0 bridgehead atoms. The number of carboxylic acid groups (broad SMARTS) is 1. The second kappa shape index (κ2) is 4.46. The van der Waals surface area contributed by atoms with Gasteiger partial charge in [0.15, 0.2) is 0 Å². The summed E-state index contributed by atoms with van der Waals surface area (Å²) in [5, 5.41) is 8.49. The normalized spacial score (nSPS) is 10.6. The molecule has 0 saturated carbocycles. The van der Waals surface area contributed by atoms with Gasteiger partial charge in [0.1, 0.15) is 0 Å². The predicted molar refractivity (Wildman–Crippen MR) is 56.9 cm³/mol. The van der Waals surface area contributed by atoms with Gasteiger partial charge in [-0.1, -0.05) is 19.1 Å². The van der Waals surface area contributed by atoms with E-state index in [-0.39, 0.29) is 0 Å². The van der Waals surface area contributed by atoms with Gasteiger partial charge in [0.25, 0.3) is 0 Å². The Bertz CT molecular complexity index is 370. The van der Waals surface area contributed by atoms with Crippen molar-refractivity contribution in [3.8, 4) is 0 Å². The molecule has 3 nitrogen and oxygen atoms in total. The molecule has 0 heterocycles. The molecule has 0 atom stereocenters. The summed E-state index contributed by atoms with van der Waals surface area (Å²) < 4.78 is 0. The van der Waals surface area contributed by atoms with E-state index >= 15 is 0 Å². The lowest BCUT2D eigenvalue weighted by molar-refractivity contribution is -0.131. The Hall–Kier alpha value is -1.77. The molecule has 0 radical (unpaired) electrons. The quantitative estimate of drug-likeness (QED) is 0.566. The van der Waals surface area contributed by atoms with Crippen LogP contribution in [0.5, 0.6) is 0 Å². The van der Waals surface area contributed by atoms with Gasteiger partial charge in [-0.15, -0.1) is 0 Å². The largest absolute Gasteiger partial charge is 0.478 e. The molecule has 1 rings (SSSR count). The Morgan fingerprint density at radius 3 is 2.86 bits per heavy atom. The van der Waals surface area contributed by atoms with Crippen LogP contribution >= 0.6 is 0 Å². The van der Waals surface area contributed by atoms with Crippen LogP contribution in [0.4, 0.5) is 5.69 Å². The van der Waals surface area contributed by atoms with E-state index in [0.717, 1.165) is 23.6 Å². The number of anilines is 1. The Balaban J connectivity index is 3.08. The zero-order valence-corrected chi connectivity index (χ0v) is 8.03. The van der Waals surface area contributed by atoms with E-state index in [1.807, 2.05) is 25.1 Å². The van der Waals surface area contributed by atoms with Crippen LogP contribution in [0, 0.1) is 0 Å². The van der Waals surface area contributed by atoms with Crippen LogP contribution in [-0.2, 0) is 11.2 Å². The number of rotatable bonds is 3. The minimum Gasteiger partial charge on any atom is -0.478 e. The molecule has 74 valence electrons. The zero-order chi connectivity index (χ0) is 10.6. The molecule has 0 aromatic heterocycles. The maximum Gasteiger partial charge on any atom is 0.328 e. The fourth-order valence-electron chi connectivity index (χ4n) is 1.35. The zero-order valence-electron chi connectivity index (χ0n) is 8.03. The highest BCUT2D eigenvalue weighted by atomic mass is 16.4. The lowest BCUT2D eigenvalue weighted by atomic mass is 10.0. The number of hydrogen-bond acceptors (Lipinski definition) is 2. The average molecular weight is 191 g/mol. The summed E-state index contributed by atoms with van der Waals surface area (Å²) >= 11 is 0. The number of nitrogens with two attached hydrogens (primary N) is 1. The summed E-state index contributed by atoms with van der Waals surface area (Å²) in [5.74, 6) is -0.950. The van der Waals surface area contributed by atoms with Gasteiger partial charge in [0, 0.05) is 11.8 Å². The molecule has 1 aromatic carbocycles. The SMILES string of the molecule is CCc1c(N)cccc1/C=C/C(=O)O. The average Bonchev–Trinajstić information content (AvgIpc) is 2.14. The molecule has 0 saturated heterocycles. The van der Waals surface area contributed by atoms with Crippen molar-refractivity contribution in [3.05, 3.63) is 35.4 Å². The molecule has 3 heteroatoms. The van der Waals surface area contributed by atoms with E-state index in [1.54, 1.807) is 6.08 Å². The maximum atomic E-state index is 10.3. The highest BCUT2D eigenvalue weighted by molar-refractivity contribution is 5.86. The molecule has 0 spiro atoms. The van der Waals surface area contributed by atoms with E-state index in [2.05, 4.69) is 0 Å². The monoisotopic (exact) mass is 191 g/mol. The van der Waals surface area contributed by atoms with Crippen molar-refractivity contribution in [2.24, 2.45) is 0 Å². The van der Waals surface area contributed by atoms with Crippen molar-refractivity contribution < 1.29 is 9.90 Å². The lowest BCUT2D eigenvalue weighted by Gasteiger charge is -2.06. The molecular weight excluding hydrogens is 178 g/mol.